The van der Waals surface area contributed by atoms with Gasteiger partial charge in [0, 0.05) is 23.3 Å². The number of hydrogen-bond acceptors (Lipinski definition) is 4. The van der Waals surface area contributed by atoms with Crippen molar-refractivity contribution in [3.05, 3.63) is 76.8 Å². The van der Waals surface area contributed by atoms with E-state index in [1.165, 1.54) is 5.56 Å². The minimum absolute atomic E-state index is 0.0374. The van der Waals surface area contributed by atoms with E-state index in [9.17, 15) is 14.4 Å². The molecule has 43 heavy (non-hydrogen) atoms. The van der Waals surface area contributed by atoms with Crippen LogP contribution in [0.1, 0.15) is 64.0 Å². The first-order valence-electron chi connectivity index (χ1n) is 15.7. The zero-order chi connectivity index (χ0) is 30.5. The fourth-order valence-corrected chi connectivity index (χ4v) is 7.76. The number of halogens is 1. The normalized spacial score (nSPS) is 32.7. The number of ether oxygens (including phenoxy) is 1. The third kappa shape index (κ3) is 5.40. The number of amides is 3. The number of anilines is 1. The van der Waals surface area contributed by atoms with Crippen molar-refractivity contribution in [2.75, 3.05) is 11.9 Å². The van der Waals surface area contributed by atoms with Crippen LogP contribution in [0.25, 0.3) is 0 Å². The summed E-state index contributed by atoms with van der Waals surface area (Å²) >= 11 is 6.09. The Bertz CT molecular complexity index is 1410. The molecule has 1 saturated carbocycles. The molecule has 3 amide bonds. The first-order valence-corrected chi connectivity index (χ1v) is 16.1. The van der Waals surface area contributed by atoms with E-state index in [1.807, 2.05) is 60.7 Å². The van der Waals surface area contributed by atoms with Gasteiger partial charge in [0.05, 0.1) is 17.9 Å². The number of benzene rings is 2. The van der Waals surface area contributed by atoms with E-state index in [1.54, 1.807) is 4.90 Å². The van der Waals surface area contributed by atoms with E-state index in [-0.39, 0.29) is 23.8 Å². The van der Waals surface area contributed by atoms with Crippen LogP contribution in [0.4, 0.5) is 5.69 Å². The molecule has 228 valence electrons. The lowest BCUT2D eigenvalue weighted by Crippen LogP contribution is -2.58. The number of likely N-dealkylation sites (tertiary alicyclic amines) is 1. The number of fused-ring (bicyclic) bond motifs is 1. The van der Waals surface area contributed by atoms with Gasteiger partial charge in [-0.05, 0) is 66.0 Å². The fourth-order valence-electron chi connectivity index (χ4n) is 7.63. The summed E-state index contributed by atoms with van der Waals surface area (Å²) in [6.45, 7) is 9.01. The number of rotatable bonds is 8. The Balaban J connectivity index is 1.28. The zero-order valence-electron chi connectivity index (χ0n) is 25.4. The second kappa shape index (κ2) is 11.7. The van der Waals surface area contributed by atoms with Gasteiger partial charge in [-0.1, -0.05) is 88.6 Å². The van der Waals surface area contributed by atoms with E-state index in [0.29, 0.717) is 41.4 Å². The van der Waals surface area contributed by atoms with Crippen LogP contribution in [-0.2, 0) is 25.5 Å². The summed E-state index contributed by atoms with van der Waals surface area (Å²) in [5, 5.41) is 6.99. The highest BCUT2D eigenvalue weighted by molar-refractivity contribution is 6.30. The van der Waals surface area contributed by atoms with Gasteiger partial charge in [0.25, 0.3) is 0 Å². The topological polar surface area (TPSA) is 87.7 Å². The molecule has 3 aliphatic heterocycles. The molecule has 1 spiro atoms. The molecule has 6 rings (SSSR count). The summed E-state index contributed by atoms with van der Waals surface area (Å²) in [5.74, 6) is -0.950. The second-order valence-electron chi connectivity index (χ2n) is 13.3. The maximum atomic E-state index is 14.3. The van der Waals surface area contributed by atoms with E-state index < -0.39 is 29.6 Å². The number of nitrogens with zero attached hydrogens (tertiary/aromatic N) is 1. The van der Waals surface area contributed by atoms with Crippen molar-refractivity contribution in [2.45, 2.75) is 83.1 Å². The highest BCUT2D eigenvalue weighted by Gasteiger charge is 2.72. The van der Waals surface area contributed by atoms with Crippen LogP contribution < -0.4 is 10.6 Å². The predicted octanol–water partition coefficient (Wildman–Crippen LogP) is 5.74. The second-order valence-corrected chi connectivity index (χ2v) is 13.7. The van der Waals surface area contributed by atoms with Gasteiger partial charge in [-0.25, -0.2) is 0 Å². The first-order chi connectivity index (χ1) is 20.6. The summed E-state index contributed by atoms with van der Waals surface area (Å²) in [7, 11) is 0. The van der Waals surface area contributed by atoms with Gasteiger partial charge in [-0.2, -0.15) is 0 Å². The molecule has 0 unspecified atom stereocenters. The van der Waals surface area contributed by atoms with Gasteiger partial charge < -0.3 is 20.3 Å². The fraction of sp³-hybridized carbons (Fsp3) is 0.514. The molecule has 7 nitrogen and oxygen atoms in total. The van der Waals surface area contributed by atoms with Crippen molar-refractivity contribution in [2.24, 2.45) is 23.7 Å². The largest absolute Gasteiger partial charge is 0.359 e. The summed E-state index contributed by atoms with van der Waals surface area (Å²) in [6.07, 6.45) is 6.86. The van der Waals surface area contributed by atoms with E-state index >= 15 is 0 Å². The Morgan fingerprint density at radius 1 is 1.05 bits per heavy atom. The Labute approximate surface area is 259 Å². The molecule has 2 aromatic rings. The molecule has 3 fully saturated rings. The Morgan fingerprint density at radius 2 is 1.77 bits per heavy atom. The van der Waals surface area contributed by atoms with Crippen molar-refractivity contribution in [3.63, 3.8) is 0 Å². The van der Waals surface area contributed by atoms with Crippen LogP contribution in [0.2, 0.25) is 5.02 Å². The summed E-state index contributed by atoms with van der Waals surface area (Å²) in [6, 6.07) is 14.5. The standard InChI is InChI=1S/C35H42ClN3O4/c1-20(2)24-10-14-26(15-11-24)37-32(40)29-28-16-18-35(43-28)30(29)34(42)39(19-17-23-8-12-25(36)13-9-23)31(35)33(41)38-27-7-5-6-21(3)22(27)4/h8-16,18,20-22,27-31H,5-7,17,19H2,1-4H3,(H,37,40)(H,38,41)/t21-,22-,27+,28+,29-,30+,31+,35+/m0/s1. The van der Waals surface area contributed by atoms with Crippen LogP contribution in [0.3, 0.4) is 0 Å². The van der Waals surface area contributed by atoms with Crippen LogP contribution in [0, 0.1) is 23.7 Å². The molecule has 0 aromatic heterocycles. The van der Waals surface area contributed by atoms with Gasteiger partial charge in [-0.15, -0.1) is 0 Å². The van der Waals surface area contributed by atoms with Gasteiger partial charge >= 0.3 is 0 Å². The van der Waals surface area contributed by atoms with Gasteiger partial charge in [0.15, 0.2) is 0 Å². The van der Waals surface area contributed by atoms with Crippen molar-refractivity contribution in [3.8, 4) is 0 Å². The number of carbonyl (C=O) groups excluding carboxylic acids is 3. The zero-order valence-corrected chi connectivity index (χ0v) is 26.1. The molecule has 2 saturated heterocycles. The molecular formula is C35H42ClN3O4. The third-order valence-corrected chi connectivity index (χ3v) is 10.6. The lowest BCUT2D eigenvalue weighted by molar-refractivity contribution is -0.141. The molecule has 8 atom stereocenters. The molecule has 1 aliphatic carbocycles. The molecule has 3 heterocycles. The average Bonchev–Trinajstić information content (AvgIpc) is 3.62. The Morgan fingerprint density at radius 3 is 2.47 bits per heavy atom. The van der Waals surface area contributed by atoms with Gasteiger partial charge in [0.2, 0.25) is 17.7 Å². The molecule has 0 radical (unpaired) electrons. The first kappa shape index (κ1) is 29.9. The van der Waals surface area contributed by atoms with E-state index in [2.05, 4.69) is 38.3 Å². The lowest BCUT2D eigenvalue weighted by Gasteiger charge is -2.38. The monoisotopic (exact) mass is 603 g/mol. The molecule has 2 N–H and O–H groups in total. The SMILES string of the molecule is CC(C)c1ccc(NC(=O)[C@H]2[C@H]3C=C[C@@]4(O3)[C@H]2C(=O)N(CCc2ccc(Cl)cc2)[C@@H]4C(=O)N[C@@H]2CCC[C@H](C)[C@@H]2C)cc1. The smallest absolute Gasteiger partial charge is 0.246 e. The summed E-state index contributed by atoms with van der Waals surface area (Å²) in [4.78, 5) is 44.0. The number of hydrogen-bond donors (Lipinski definition) is 2. The maximum absolute atomic E-state index is 14.3. The van der Waals surface area contributed by atoms with Crippen LogP contribution in [0.15, 0.2) is 60.7 Å². The maximum Gasteiger partial charge on any atom is 0.246 e. The molecule has 8 heteroatoms. The predicted molar refractivity (Wildman–Crippen MR) is 168 cm³/mol. The minimum atomic E-state index is -1.18. The quantitative estimate of drug-likeness (QED) is 0.377. The molecule has 2 bridgehead atoms. The van der Waals surface area contributed by atoms with Crippen LogP contribution in [0.5, 0.6) is 0 Å². The number of nitrogens with one attached hydrogen (secondary N) is 2. The lowest BCUT2D eigenvalue weighted by atomic mass is 9.73. The molecule has 4 aliphatic rings. The van der Waals surface area contributed by atoms with Gasteiger partial charge in [0.1, 0.15) is 11.6 Å². The summed E-state index contributed by atoms with van der Waals surface area (Å²) in [5.41, 5.74) is 1.69. The van der Waals surface area contributed by atoms with Crippen LogP contribution >= 0.6 is 11.6 Å². The van der Waals surface area contributed by atoms with E-state index in [0.717, 1.165) is 24.8 Å². The number of carbonyl (C=O) groups is 3. The highest BCUT2D eigenvalue weighted by Crippen LogP contribution is 2.55. The molecular weight excluding hydrogens is 562 g/mol. The summed E-state index contributed by atoms with van der Waals surface area (Å²) < 4.78 is 6.53. The average molecular weight is 604 g/mol. The van der Waals surface area contributed by atoms with E-state index in [4.69, 9.17) is 16.3 Å². The minimum Gasteiger partial charge on any atom is -0.359 e. The Hall–Kier alpha value is -3.16. The van der Waals surface area contributed by atoms with Crippen LogP contribution in [-0.4, -0.2) is 53.0 Å². The highest BCUT2D eigenvalue weighted by atomic mass is 35.5. The van der Waals surface area contributed by atoms with Crippen molar-refractivity contribution in [1.82, 2.24) is 10.2 Å². The van der Waals surface area contributed by atoms with Crippen molar-refractivity contribution >= 4 is 35.0 Å². The third-order valence-electron chi connectivity index (χ3n) is 10.4. The molecule has 2 aromatic carbocycles. The Kier molecular flexibility index (Phi) is 8.16. The van der Waals surface area contributed by atoms with Crippen molar-refractivity contribution in [1.29, 1.82) is 0 Å². The van der Waals surface area contributed by atoms with Crippen molar-refractivity contribution < 1.29 is 19.1 Å². The van der Waals surface area contributed by atoms with Gasteiger partial charge in [-0.3, -0.25) is 14.4 Å².